The van der Waals surface area contributed by atoms with E-state index >= 15 is 0 Å². The molecule has 0 fully saturated rings. The summed E-state index contributed by atoms with van der Waals surface area (Å²) in [6, 6.07) is 11.7. The lowest BCUT2D eigenvalue weighted by molar-refractivity contribution is -0.384. The van der Waals surface area contributed by atoms with E-state index in [-0.39, 0.29) is 5.69 Å². The van der Waals surface area contributed by atoms with Gasteiger partial charge in [-0.25, -0.2) is 4.21 Å². The molecule has 17 heavy (non-hydrogen) atoms. The zero-order valence-electron chi connectivity index (χ0n) is 8.62. The second-order valence-corrected chi connectivity index (χ2v) is 5.12. The normalized spacial score (nSPS) is 16.4. The van der Waals surface area contributed by atoms with Gasteiger partial charge in [0, 0.05) is 17.7 Å². The third-order valence-corrected chi connectivity index (χ3v) is 4.26. The molecule has 0 aromatic heterocycles. The highest BCUT2D eigenvalue weighted by atomic mass is 32.2. The van der Waals surface area contributed by atoms with Gasteiger partial charge in [0.25, 0.3) is 5.69 Å². The zero-order valence-corrected chi connectivity index (χ0v) is 9.44. The Morgan fingerprint density at radius 2 is 1.71 bits per heavy atom. The number of hydrogen-bond acceptors (Lipinski definition) is 3. The van der Waals surface area contributed by atoms with Gasteiger partial charge in [-0.15, -0.1) is 0 Å². The summed E-state index contributed by atoms with van der Waals surface area (Å²) in [6.45, 7) is 0. The summed E-state index contributed by atoms with van der Waals surface area (Å²) >= 11 is 0. The van der Waals surface area contributed by atoms with Crippen molar-refractivity contribution in [1.82, 2.24) is 0 Å². The third-order valence-electron chi connectivity index (χ3n) is 2.75. The Hall–Kier alpha value is -2.01. The second kappa shape index (κ2) is 3.49. The quantitative estimate of drug-likeness (QED) is 0.489. The van der Waals surface area contributed by atoms with Gasteiger partial charge in [-0.1, -0.05) is 18.2 Å². The Bertz CT molecular complexity index is 667. The molecule has 84 valence electrons. The SMILES string of the molecule is O=[N+]([O-])c1ccc2c(c1)-c1ccccc1S2=O. The second-order valence-electron chi connectivity index (χ2n) is 3.70. The van der Waals surface area contributed by atoms with Crippen molar-refractivity contribution >= 4 is 16.5 Å². The van der Waals surface area contributed by atoms with Gasteiger partial charge in [-0.05, 0) is 17.7 Å². The number of nitro benzene ring substituents is 1. The van der Waals surface area contributed by atoms with Crippen molar-refractivity contribution in [3.05, 3.63) is 52.6 Å². The number of fused-ring (bicyclic) bond motifs is 3. The lowest BCUT2D eigenvalue weighted by atomic mass is 10.1. The number of rotatable bonds is 1. The minimum Gasteiger partial charge on any atom is -0.258 e. The van der Waals surface area contributed by atoms with Crippen LogP contribution in [0.15, 0.2) is 52.3 Å². The summed E-state index contributed by atoms with van der Waals surface area (Å²) in [4.78, 5) is 11.7. The first kappa shape index (κ1) is 10.2. The summed E-state index contributed by atoms with van der Waals surface area (Å²) in [6.07, 6.45) is 0. The van der Waals surface area contributed by atoms with Gasteiger partial charge in [0.05, 0.1) is 25.5 Å². The highest BCUT2D eigenvalue weighted by Crippen LogP contribution is 2.41. The molecule has 1 heterocycles. The van der Waals surface area contributed by atoms with E-state index in [4.69, 9.17) is 0 Å². The molecule has 3 rings (SSSR count). The van der Waals surface area contributed by atoms with E-state index in [0.29, 0.717) is 10.5 Å². The van der Waals surface area contributed by atoms with Gasteiger partial charge in [-0.2, -0.15) is 0 Å². The number of nitro groups is 1. The maximum atomic E-state index is 12.1. The number of benzene rings is 2. The van der Waals surface area contributed by atoms with Crippen LogP contribution in [0.1, 0.15) is 0 Å². The molecule has 0 saturated heterocycles. The maximum Gasteiger partial charge on any atom is 0.270 e. The fourth-order valence-electron chi connectivity index (χ4n) is 1.97. The predicted molar refractivity (Wildman–Crippen MR) is 63.2 cm³/mol. The van der Waals surface area contributed by atoms with Gasteiger partial charge >= 0.3 is 0 Å². The van der Waals surface area contributed by atoms with Gasteiger partial charge in [-0.3, -0.25) is 10.1 Å². The molecule has 0 N–H and O–H groups in total. The standard InChI is InChI=1S/C12H7NO3S/c14-13(15)8-5-6-12-10(7-8)9-3-1-2-4-11(9)17(12)16/h1-7H. The van der Waals surface area contributed by atoms with Gasteiger partial charge < -0.3 is 0 Å². The molecule has 0 radical (unpaired) electrons. The van der Waals surface area contributed by atoms with Crippen LogP contribution in [0.2, 0.25) is 0 Å². The average molecular weight is 245 g/mol. The largest absolute Gasteiger partial charge is 0.270 e. The van der Waals surface area contributed by atoms with Crippen molar-refractivity contribution in [2.75, 3.05) is 0 Å². The van der Waals surface area contributed by atoms with Crippen molar-refractivity contribution in [2.45, 2.75) is 9.79 Å². The summed E-state index contributed by atoms with van der Waals surface area (Å²) in [5.74, 6) is 0. The summed E-state index contributed by atoms with van der Waals surface area (Å²) in [5.41, 5.74) is 1.55. The topological polar surface area (TPSA) is 60.2 Å². The number of nitrogens with zero attached hydrogens (tertiary/aromatic N) is 1. The minimum absolute atomic E-state index is 0.0254. The molecule has 1 unspecified atom stereocenters. The summed E-state index contributed by atoms with van der Waals surface area (Å²) in [5, 5.41) is 10.7. The van der Waals surface area contributed by atoms with E-state index in [1.54, 1.807) is 12.1 Å². The van der Waals surface area contributed by atoms with Crippen LogP contribution < -0.4 is 0 Å². The Labute approximate surface area is 99.5 Å². The molecule has 1 atom stereocenters. The maximum absolute atomic E-state index is 12.1. The molecule has 4 nitrogen and oxygen atoms in total. The van der Waals surface area contributed by atoms with Gasteiger partial charge in [0.1, 0.15) is 0 Å². The molecule has 5 heteroatoms. The van der Waals surface area contributed by atoms with E-state index in [0.717, 1.165) is 10.5 Å². The first-order chi connectivity index (χ1) is 8.18. The lowest BCUT2D eigenvalue weighted by Crippen LogP contribution is -1.89. The fourth-order valence-corrected chi connectivity index (χ4v) is 3.35. The smallest absolute Gasteiger partial charge is 0.258 e. The Morgan fingerprint density at radius 1 is 1.00 bits per heavy atom. The highest BCUT2D eigenvalue weighted by Gasteiger charge is 2.26. The van der Waals surface area contributed by atoms with Crippen LogP contribution in [0.25, 0.3) is 11.1 Å². The van der Waals surface area contributed by atoms with Crippen LogP contribution in [-0.4, -0.2) is 9.13 Å². The van der Waals surface area contributed by atoms with Crippen LogP contribution in [0.3, 0.4) is 0 Å². The first-order valence-corrected chi connectivity index (χ1v) is 6.13. The Kier molecular flexibility index (Phi) is 2.09. The van der Waals surface area contributed by atoms with E-state index in [9.17, 15) is 14.3 Å². The van der Waals surface area contributed by atoms with Crippen molar-refractivity contribution in [1.29, 1.82) is 0 Å². The van der Waals surface area contributed by atoms with Crippen LogP contribution in [-0.2, 0) is 10.8 Å². The van der Waals surface area contributed by atoms with Crippen LogP contribution in [0.5, 0.6) is 0 Å². The van der Waals surface area contributed by atoms with E-state index in [1.807, 2.05) is 18.2 Å². The molecule has 1 aliphatic rings. The molecule has 2 aromatic carbocycles. The molecule has 1 aliphatic heterocycles. The van der Waals surface area contributed by atoms with Gasteiger partial charge in [0.2, 0.25) is 0 Å². The monoisotopic (exact) mass is 245 g/mol. The molecule has 2 aromatic rings. The van der Waals surface area contributed by atoms with Crippen molar-refractivity contribution in [3.63, 3.8) is 0 Å². The number of non-ortho nitro benzene ring substituents is 1. The lowest BCUT2D eigenvalue weighted by Gasteiger charge is -1.98. The molecule has 0 spiro atoms. The molecule has 0 bridgehead atoms. The average Bonchev–Trinajstić information content (AvgIpc) is 2.64. The van der Waals surface area contributed by atoms with Crippen LogP contribution in [0.4, 0.5) is 5.69 Å². The molecule has 0 saturated carbocycles. The molecular formula is C12H7NO3S. The Morgan fingerprint density at radius 3 is 2.47 bits per heavy atom. The third kappa shape index (κ3) is 1.39. The number of hydrogen-bond donors (Lipinski definition) is 0. The Balaban J connectivity index is 2.31. The van der Waals surface area contributed by atoms with Crippen molar-refractivity contribution in [3.8, 4) is 11.1 Å². The van der Waals surface area contributed by atoms with E-state index < -0.39 is 15.7 Å². The van der Waals surface area contributed by atoms with Gasteiger partial charge in [0.15, 0.2) is 0 Å². The minimum atomic E-state index is -1.22. The van der Waals surface area contributed by atoms with Crippen molar-refractivity contribution in [2.24, 2.45) is 0 Å². The summed E-state index contributed by atoms with van der Waals surface area (Å²) < 4.78 is 12.1. The first-order valence-electron chi connectivity index (χ1n) is 4.98. The molecular weight excluding hydrogens is 238 g/mol. The highest BCUT2D eigenvalue weighted by molar-refractivity contribution is 7.85. The molecule has 0 aliphatic carbocycles. The van der Waals surface area contributed by atoms with E-state index in [1.165, 1.54) is 12.1 Å². The fraction of sp³-hybridized carbons (Fsp3) is 0. The van der Waals surface area contributed by atoms with Crippen LogP contribution >= 0.6 is 0 Å². The predicted octanol–water partition coefficient (Wildman–Crippen LogP) is 2.74. The summed E-state index contributed by atoms with van der Waals surface area (Å²) in [7, 11) is -1.22. The van der Waals surface area contributed by atoms with Crippen LogP contribution in [0, 0.1) is 10.1 Å². The van der Waals surface area contributed by atoms with Crippen molar-refractivity contribution < 1.29 is 9.13 Å². The molecule has 0 amide bonds. The van der Waals surface area contributed by atoms with E-state index in [2.05, 4.69) is 0 Å². The zero-order chi connectivity index (χ0) is 12.0.